The molecule has 0 aromatic heterocycles. The van der Waals surface area contributed by atoms with Crippen LogP contribution in [0.25, 0.3) is 0 Å². The molecule has 0 spiro atoms. The number of carbonyl (C=O) groups is 1. The second kappa shape index (κ2) is 3.07. The SMILES string of the molecule is [N]OC(=O)C(Cl)Cl. The average molecular weight is 142 g/mol. The molecule has 0 aromatic rings. The minimum atomic E-state index is -1.30. The first kappa shape index (κ1) is 7.01. The van der Waals surface area contributed by atoms with E-state index in [1.807, 2.05) is 0 Å². The lowest BCUT2D eigenvalue weighted by Gasteiger charge is -1.89. The normalized spacial score (nSPS) is 9.14. The molecular formula is C2HCl2NO2. The Morgan fingerprint density at radius 2 is 2.14 bits per heavy atom. The molecule has 40 valence electrons. The van der Waals surface area contributed by atoms with Crippen molar-refractivity contribution in [1.29, 1.82) is 0 Å². The molecule has 0 fully saturated rings. The standard InChI is InChI=1S/C2HCl2NO2/c3-1(4)2(6)7-5/h1H. The molecule has 0 atom stereocenters. The summed E-state index contributed by atoms with van der Waals surface area (Å²) in [7, 11) is 0. The first-order chi connectivity index (χ1) is 3.18. The Kier molecular flexibility index (Phi) is 3.07. The van der Waals surface area contributed by atoms with Crippen molar-refractivity contribution in [3.05, 3.63) is 0 Å². The number of rotatable bonds is 1. The van der Waals surface area contributed by atoms with Gasteiger partial charge in [0.15, 0.2) is 0 Å². The largest absolute Gasteiger partial charge is 0.361 e. The summed E-state index contributed by atoms with van der Waals surface area (Å²) in [6.45, 7) is 0. The van der Waals surface area contributed by atoms with Crippen LogP contribution >= 0.6 is 23.2 Å². The van der Waals surface area contributed by atoms with Crippen LogP contribution in [0.3, 0.4) is 0 Å². The third-order valence-corrected chi connectivity index (χ3v) is 0.624. The fraction of sp³-hybridized carbons (Fsp3) is 0.500. The number of hydrogen-bond donors (Lipinski definition) is 0. The number of halogens is 2. The minimum Gasteiger partial charge on any atom is -0.326 e. The zero-order chi connectivity index (χ0) is 5.86. The maximum atomic E-state index is 9.78. The molecule has 0 rings (SSSR count). The van der Waals surface area contributed by atoms with E-state index in [-0.39, 0.29) is 0 Å². The second-order valence-corrected chi connectivity index (χ2v) is 1.81. The van der Waals surface area contributed by atoms with Crippen molar-refractivity contribution < 1.29 is 9.63 Å². The highest BCUT2D eigenvalue weighted by Gasteiger charge is 2.11. The van der Waals surface area contributed by atoms with Crippen LogP contribution in [0.2, 0.25) is 0 Å². The zero-order valence-electron chi connectivity index (χ0n) is 3.10. The second-order valence-electron chi connectivity index (χ2n) is 0.711. The molecule has 0 unspecified atom stereocenters. The maximum Gasteiger partial charge on any atom is 0.361 e. The van der Waals surface area contributed by atoms with E-state index < -0.39 is 10.8 Å². The van der Waals surface area contributed by atoms with Gasteiger partial charge in [0.25, 0.3) is 0 Å². The summed E-state index contributed by atoms with van der Waals surface area (Å²) >= 11 is 9.72. The van der Waals surface area contributed by atoms with Crippen molar-refractivity contribution in [3.63, 3.8) is 0 Å². The summed E-state index contributed by atoms with van der Waals surface area (Å²) in [6.07, 6.45) is 0. The van der Waals surface area contributed by atoms with Gasteiger partial charge in [-0.05, 0) is 0 Å². The molecule has 2 radical (unpaired) electrons. The average Bonchev–Trinajstić information content (AvgIpc) is 1.65. The smallest absolute Gasteiger partial charge is 0.326 e. The Morgan fingerprint density at radius 1 is 1.71 bits per heavy atom. The number of alkyl halides is 2. The molecule has 0 aliphatic rings. The van der Waals surface area contributed by atoms with E-state index in [4.69, 9.17) is 29.1 Å². The van der Waals surface area contributed by atoms with E-state index in [0.717, 1.165) is 0 Å². The lowest BCUT2D eigenvalue weighted by Crippen LogP contribution is -2.10. The molecule has 3 nitrogen and oxygen atoms in total. The summed E-state index contributed by atoms with van der Waals surface area (Å²) in [4.78, 5) is 11.6. The highest BCUT2D eigenvalue weighted by atomic mass is 35.5. The zero-order valence-corrected chi connectivity index (χ0v) is 4.61. The molecule has 0 aliphatic heterocycles. The summed E-state index contributed by atoms with van der Waals surface area (Å²) in [5.74, 6) is 6.42. The van der Waals surface area contributed by atoms with Gasteiger partial charge in [0.2, 0.25) is 4.84 Å². The van der Waals surface area contributed by atoms with Gasteiger partial charge in [-0.15, -0.1) is 0 Å². The van der Waals surface area contributed by atoms with Gasteiger partial charge in [-0.25, -0.2) is 4.79 Å². The molecule has 7 heavy (non-hydrogen) atoms. The number of nitrogens with zero attached hydrogens (tertiary/aromatic N) is 1. The van der Waals surface area contributed by atoms with Crippen molar-refractivity contribution in [2.45, 2.75) is 4.84 Å². The summed E-state index contributed by atoms with van der Waals surface area (Å²) < 4.78 is 0. The predicted octanol–water partition coefficient (Wildman–Crippen LogP) is 0.317. The molecule has 0 aromatic carbocycles. The van der Waals surface area contributed by atoms with Crippen LogP contribution in [0.5, 0.6) is 0 Å². The van der Waals surface area contributed by atoms with Crippen LogP contribution in [0.4, 0.5) is 0 Å². The van der Waals surface area contributed by atoms with Crippen LogP contribution in [-0.2, 0) is 9.63 Å². The maximum absolute atomic E-state index is 9.78. The van der Waals surface area contributed by atoms with Crippen LogP contribution < -0.4 is 5.90 Å². The Labute approximate surface area is 50.3 Å². The molecular weight excluding hydrogens is 141 g/mol. The van der Waals surface area contributed by atoms with Gasteiger partial charge >= 0.3 is 5.97 Å². The van der Waals surface area contributed by atoms with Crippen LogP contribution in [0, 0.1) is 0 Å². The summed E-state index contributed by atoms with van der Waals surface area (Å²) in [6, 6.07) is 0. The van der Waals surface area contributed by atoms with E-state index in [1.165, 1.54) is 0 Å². The van der Waals surface area contributed by atoms with Crippen molar-refractivity contribution >= 4 is 29.2 Å². The van der Waals surface area contributed by atoms with Crippen LogP contribution in [0.15, 0.2) is 0 Å². The Hall–Kier alpha value is 0.01000. The van der Waals surface area contributed by atoms with Gasteiger partial charge in [-0.2, -0.15) is 0 Å². The van der Waals surface area contributed by atoms with Gasteiger partial charge in [-0.3, -0.25) is 0 Å². The summed E-state index contributed by atoms with van der Waals surface area (Å²) in [5, 5.41) is 0. The first-order valence-electron chi connectivity index (χ1n) is 1.32. The highest BCUT2D eigenvalue weighted by Crippen LogP contribution is 2.01. The van der Waals surface area contributed by atoms with Crippen LogP contribution in [0.1, 0.15) is 0 Å². The van der Waals surface area contributed by atoms with Crippen molar-refractivity contribution in [2.24, 2.45) is 0 Å². The Bertz CT molecular complexity index is 74.1. The summed E-state index contributed by atoms with van der Waals surface area (Å²) in [5.41, 5.74) is 0. The lowest BCUT2D eigenvalue weighted by molar-refractivity contribution is -0.143. The molecule has 0 saturated heterocycles. The van der Waals surface area contributed by atoms with Gasteiger partial charge < -0.3 is 4.84 Å². The van der Waals surface area contributed by atoms with Gasteiger partial charge in [-0.1, -0.05) is 23.2 Å². The Morgan fingerprint density at radius 3 is 2.14 bits per heavy atom. The third-order valence-electron chi connectivity index (χ3n) is 0.268. The molecule has 0 saturated carbocycles. The van der Waals surface area contributed by atoms with Gasteiger partial charge in [0.1, 0.15) is 5.90 Å². The Balaban J connectivity index is 3.35. The fourth-order valence-corrected chi connectivity index (χ4v) is 0.120. The molecule has 5 heteroatoms. The van der Waals surface area contributed by atoms with E-state index in [0.29, 0.717) is 0 Å². The lowest BCUT2D eigenvalue weighted by atomic mass is 10.8. The van der Waals surface area contributed by atoms with Gasteiger partial charge in [0.05, 0.1) is 0 Å². The minimum absolute atomic E-state index is 1.07. The first-order valence-corrected chi connectivity index (χ1v) is 2.19. The highest BCUT2D eigenvalue weighted by molar-refractivity contribution is 6.52. The van der Waals surface area contributed by atoms with Gasteiger partial charge in [0, 0.05) is 0 Å². The third kappa shape index (κ3) is 2.68. The molecule has 0 bridgehead atoms. The monoisotopic (exact) mass is 141 g/mol. The molecule has 0 amide bonds. The van der Waals surface area contributed by atoms with E-state index in [2.05, 4.69) is 4.84 Å². The van der Waals surface area contributed by atoms with E-state index >= 15 is 0 Å². The van der Waals surface area contributed by atoms with Crippen molar-refractivity contribution in [3.8, 4) is 0 Å². The predicted molar refractivity (Wildman–Crippen MR) is 23.7 cm³/mol. The fourth-order valence-electron chi connectivity index (χ4n) is 0.0398. The topological polar surface area (TPSA) is 48.6 Å². The van der Waals surface area contributed by atoms with E-state index in [9.17, 15) is 4.79 Å². The van der Waals surface area contributed by atoms with E-state index in [1.54, 1.807) is 0 Å². The molecule has 0 aliphatic carbocycles. The number of carbonyl (C=O) groups excluding carboxylic acids is 1. The molecule has 0 N–H and O–H groups in total. The molecule has 0 heterocycles. The van der Waals surface area contributed by atoms with Crippen LogP contribution in [-0.4, -0.2) is 10.8 Å². The van der Waals surface area contributed by atoms with Crippen molar-refractivity contribution in [1.82, 2.24) is 5.90 Å². The number of hydrogen-bond acceptors (Lipinski definition) is 2. The van der Waals surface area contributed by atoms with Crippen molar-refractivity contribution in [2.75, 3.05) is 0 Å². The quantitative estimate of drug-likeness (QED) is 0.390.